The summed E-state index contributed by atoms with van der Waals surface area (Å²) in [5.74, 6) is 0.501. The van der Waals surface area contributed by atoms with Gasteiger partial charge in [0.2, 0.25) is 0 Å². The van der Waals surface area contributed by atoms with Crippen LogP contribution in [0.3, 0.4) is 0 Å². The van der Waals surface area contributed by atoms with Gasteiger partial charge in [-0.05, 0) is 38.0 Å². The van der Waals surface area contributed by atoms with Gasteiger partial charge in [-0.1, -0.05) is 6.92 Å². The molecule has 1 saturated heterocycles. The number of carbonyl (C=O) groups excluding carboxylic acids is 1. The summed E-state index contributed by atoms with van der Waals surface area (Å²) in [5.41, 5.74) is 3.81. The molecule has 0 aliphatic carbocycles. The summed E-state index contributed by atoms with van der Waals surface area (Å²) < 4.78 is 8.15. The Labute approximate surface area is 174 Å². The second kappa shape index (κ2) is 8.31. The van der Waals surface area contributed by atoms with Gasteiger partial charge in [0, 0.05) is 50.2 Å². The minimum absolute atomic E-state index is 0.0178. The number of pyridine rings is 1. The molecule has 0 aromatic carbocycles. The molecule has 3 aromatic heterocycles. The summed E-state index contributed by atoms with van der Waals surface area (Å²) >= 11 is 0. The van der Waals surface area contributed by atoms with Crippen LogP contribution < -0.4 is 15.6 Å². The van der Waals surface area contributed by atoms with E-state index in [1.54, 1.807) is 13.1 Å². The lowest BCUT2D eigenvalue weighted by Crippen LogP contribution is -2.25. The van der Waals surface area contributed by atoms with Crippen molar-refractivity contribution in [2.24, 2.45) is 0 Å². The number of hydrogen-bond acceptors (Lipinski definition) is 5. The number of aromatic amines is 1. The maximum Gasteiger partial charge on any atom is 0.269 e. The monoisotopic (exact) mass is 409 g/mol. The van der Waals surface area contributed by atoms with Crippen molar-refractivity contribution >= 4 is 11.6 Å². The average Bonchev–Trinajstić information content (AvgIpc) is 3.35. The molecule has 1 unspecified atom stereocenters. The molecule has 1 aliphatic heterocycles. The quantitative estimate of drug-likeness (QED) is 0.649. The minimum atomic E-state index is -0.208. The molecular formula is C22H27N5O3. The molecular weight excluding hydrogens is 382 g/mol. The van der Waals surface area contributed by atoms with Crippen molar-refractivity contribution in [3.63, 3.8) is 0 Å². The molecule has 158 valence electrons. The van der Waals surface area contributed by atoms with Crippen LogP contribution in [0.25, 0.3) is 5.65 Å². The summed E-state index contributed by atoms with van der Waals surface area (Å²) in [7, 11) is 1.59. The van der Waals surface area contributed by atoms with Crippen LogP contribution in [0.15, 0.2) is 35.4 Å². The van der Waals surface area contributed by atoms with Crippen LogP contribution in [0, 0.1) is 6.92 Å². The molecule has 0 bridgehead atoms. The van der Waals surface area contributed by atoms with E-state index in [1.807, 2.05) is 36.7 Å². The number of fused-ring (bicyclic) bond motifs is 1. The number of nitrogens with one attached hydrogen (secondary N) is 2. The zero-order chi connectivity index (χ0) is 21.3. The Bertz CT molecular complexity index is 1130. The lowest BCUT2D eigenvalue weighted by molar-refractivity contribution is 0.0957. The molecule has 1 aliphatic rings. The van der Waals surface area contributed by atoms with Gasteiger partial charge in [0.05, 0.1) is 5.69 Å². The average molecular weight is 409 g/mol. The van der Waals surface area contributed by atoms with Crippen LogP contribution in [-0.2, 0) is 13.0 Å². The summed E-state index contributed by atoms with van der Waals surface area (Å²) in [6, 6.07) is 5.56. The van der Waals surface area contributed by atoms with E-state index in [9.17, 15) is 9.59 Å². The highest BCUT2D eigenvalue weighted by Crippen LogP contribution is 2.23. The Kier molecular flexibility index (Phi) is 5.59. The van der Waals surface area contributed by atoms with Gasteiger partial charge in [-0.25, -0.2) is 4.98 Å². The van der Waals surface area contributed by atoms with Gasteiger partial charge in [-0.2, -0.15) is 0 Å². The van der Waals surface area contributed by atoms with Crippen molar-refractivity contribution in [1.82, 2.24) is 24.6 Å². The molecule has 4 heterocycles. The van der Waals surface area contributed by atoms with Gasteiger partial charge >= 0.3 is 0 Å². The van der Waals surface area contributed by atoms with Gasteiger partial charge in [-0.15, -0.1) is 0 Å². The van der Waals surface area contributed by atoms with Crippen LogP contribution in [0.1, 0.15) is 40.7 Å². The third-order valence-corrected chi connectivity index (χ3v) is 5.61. The summed E-state index contributed by atoms with van der Waals surface area (Å²) in [6.07, 6.45) is 5.59. The van der Waals surface area contributed by atoms with Crippen molar-refractivity contribution < 1.29 is 9.53 Å². The molecule has 1 atom stereocenters. The van der Waals surface area contributed by atoms with Crippen LogP contribution in [-0.4, -0.2) is 51.4 Å². The van der Waals surface area contributed by atoms with E-state index >= 15 is 0 Å². The first-order valence-electron chi connectivity index (χ1n) is 10.3. The second-order valence-corrected chi connectivity index (χ2v) is 7.68. The summed E-state index contributed by atoms with van der Waals surface area (Å²) in [4.78, 5) is 33.6. The predicted octanol–water partition coefficient (Wildman–Crippen LogP) is 1.91. The smallest absolute Gasteiger partial charge is 0.269 e. The number of aromatic nitrogens is 3. The van der Waals surface area contributed by atoms with Crippen molar-refractivity contribution in [1.29, 1.82) is 0 Å². The van der Waals surface area contributed by atoms with Crippen LogP contribution in [0.2, 0.25) is 0 Å². The van der Waals surface area contributed by atoms with Crippen molar-refractivity contribution in [2.75, 3.05) is 20.1 Å². The van der Waals surface area contributed by atoms with Gasteiger partial charge in [-0.3, -0.25) is 14.5 Å². The maximum absolute atomic E-state index is 12.2. The first kappa shape index (κ1) is 20.2. The highest BCUT2D eigenvalue weighted by molar-refractivity contribution is 5.92. The van der Waals surface area contributed by atoms with E-state index in [-0.39, 0.29) is 17.6 Å². The predicted molar refractivity (Wildman–Crippen MR) is 114 cm³/mol. The lowest BCUT2D eigenvalue weighted by Gasteiger charge is -2.17. The van der Waals surface area contributed by atoms with Gasteiger partial charge in [0.1, 0.15) is 23.2 Å². The molecule has 2 N–H and O–H groups in total. The first-order valence-corrected chi connectivity index (χ1v) is 10.3. The van der Waals surface area contributed by atoms with Crippen LogP contribution in [0.5, 0.6) is 5.75 Å². The van der Waals surface area contributed by atoms with E-state index in [0.29, 0.717) is 23.6 Å². The molecule has 1 fully saturated rings. The lowest BCUT2D eigenvalue weighted by atomic mass is 10.2. The largest absolute Gasteiger partial charge is 0.487 e. The van der Waals surface area contributed by atoms with Crippen LogP contribution >= 0.6 is 0 Å². The highest BCUT2D eigenvalue weighted by Gasteiger charge is 2.25. The molecule has 8 heteroatoms. The molecule has 30 heavy (non-hydrogen) atoms. The zero-order valence-electron chi connectivity index (χ0n) is 17.6. The second-order valence-electron chi connectivity index (χ2n) is 7.68. The summed E-state index contributed by atoms with van der Waals surface area (Å²) in [6.45, 7) is 6.30. The number of nitrogens with zero attached hydrogens (tertiary/aromatic N) is 3. The topological polar surface area (TPSA) is 91.7 Å². The number of rotatable bonds is 6. The third kappa shape index (κ3) is 3.95. The van der Waals surface area contributed by atoms with E-state index < -0.39 is 0 Å². The number of amides is 1. The van der Waals surface area contributed by atoms with Crippen molar-refractivity contribution in [2.45, 2.75) is 39.3 Å². The SMILES string of the molecule is CCc1cn2ccc(CN3CCC(Oc4ccc(C(=O)NC)nc4C)C3)c2[nH]c1=O. The number of aryl methyl sites for hydroxylation is 2. The molecule has 0 saturated carbocycles. The standard InChI is InChI=1S/C22H27N5O3/c1-4-15-12-27-10-7-16(20(27)25-21(15)28)11-26-9-8-17(13-26)30-19-6-5-18(22(29)23-3)24-14(19)2/h5-7,10,12,17H,4,8-9,11,13H2,1-3H3,(H,23,29)(H,25,28). The van der Waals surface area contributed by atoms with E-state index in [4.69, 9.17) is 4.74 Å². The van der Waals surface area contributed by atoms with Crippen LogP contribution in [0.4, 0.5) is 0 Å². The fourth-order valence-corrected chi connectivity index (χ4v) is 3.92. The number of ether oxygens (including phenoxy) is 1. The van der Waals surface area contributed by atoms with Gasteiger partial charge in [0.15, 0.2) is 0 Å². The number of hydrogen-bond donors (Lipinski definition) is 2. The third-order valence-electron chi connectivity index (χ3n) is 5.61. The van der Waals surface area contributed by atoms with E-state index in [1.165, 1.54) is 0 Å². The van der Waals surface area contributed by atoms with Gasteiger partial charge in [0.25, 0.3) is 11.5 Å². The van der Waals surface area contributed by atoms with E-state index in [0.717, 1.165) is 42.8 Å². The fourth-order valence-electron chi connectivity index (χ4n) is 3.92. The van der Waals surface area contributed by atoms with Crippen molar-refractivity contribution in [3.05, 3.63) is 63.5 Å². The Morgan fingerprint density at radius 3 is 2.90 bits per heavy atom. The van der Waals surface area contributed by atoms with Crippen molar-refractivity contribution in [3.8, 4) is 5.75 Å². The molecule has 4 rings (SSSR count). The minimum Gasteiger partial charge on any atom is -0.487 e. The Hall–Kier alpha value is -3.13. The summed E-state index contributed by atoms with van der Waals surface area (Å²) in [5, 5.41) is 2.58. The number of carbonyl (C=O) groups is 1. The Balaban J connectivity index is 1.42. The Morgan fingerprint density at radius 2 is 2.17 bits per heavy atom. The first-order chi connectivity index (χ1) is 14.5. The molecule has 0 radical (unpaired) electrons. The zero-order valence-corrected chi connectivity index (χ0v) is 17.6. The molecule has 8 nitrogen and oxygen atoms in total. The maximum atomic E-state index is 12.2. The molecule has 0 spiro atoms. The highest BCUT2D eigenvalue weighted by atomic mass is 16.5. The Morgan fingerprint density at radius 1 is 1.33 bits per heavy atom. The number of H-pyrrole nitrogens is 1. The molecule has 1 amide bonds. The fraction of sp³-hybridized carbons (Fsp3) is 0.409. The van der Waals surface area contributed by atoms with Gasteiger partial charge < -0.3 is 19.4 Å². The molecule has 3 aromatic rings. The normalized spacial score (nSPS) is 16.8. The number of likely N-dealkylation sites (tertiary alicyclic amines) is 1. The van der Waals surface area contributed by atoms with E-state index in [2.05, 4.69) is 26.3 Å².